The Hall–Kier alpha value is -3.33. The van der Waals surface area contributed by atoms with Gasteiger partial charge in [0.1, 0.15) is 5.82 Å². The number of aliphatic carboxylic acids is 1. The van der Waals surface area contributed by atoms with Crippen molar-refractivity contribution < 1.29 is 33.4 Å². The predicted molar refractivity (Wildman–Crippen MR) is 101 cm³/mol. The Morgan fingerprint density at radius 2 is 1.96 bits per heavy atom. The van der Waals surface area contributed by atoms with Crippen molar-refractivity contribution in [2.24, 2.45) is 0 Å². The fraction of sp³-hybridized carbons (Fsp3) is 0.105. The maximum Gasteiger partial charge on any atom is 0.341 e. The highest BCUT2D eigenvalue weighted by Crippen LogP contribution is 2.37. The van der Waals surface area contributed by atoms with Crippen LogP contribution in [0.1, 0.15) is 5.56 Å². The van der Waals surface area contributed by atoms with Crippen molar-refractivity contribution in [1.29, 1.82) is 0 Å². The molecule has 0 spiro atoms. The number of imide groups is 1. The van der Waals surface area contributed by atoms with Gasteiger partial charge in [-0.1, -0.05) is 18.2 Å². The lowest BCUT2D eigenvalue weighted by atomic mass is 10.1. The summed E-state index contributed by atoms with van der Waals surface area (Å²) in [4.78, 5) is 36.4. The monoisotopic (exact) mass is 403 g/mol. The van der Waals surface area contributed by atoms with Gasteiger partial charge in [0.15, 0.2) is 18.1 Å². The maximum absolute atomic E-state index is 14.0. The van der Waals surface area contributed by atoms with Crippen LogP contribution in [0.25, 0.3) is 6.08 Å². The molecule has 7 nitrogen and oxygen atoms in total. The van der Waals surface area contributed by atoms with Crippen molar-refractivity contribution in [1.82, 2.24) is 0 Å². The number of benzene rings is 2. The molecule has 28 heavy (non-hydrogen) atoms. The molecule has 2 aromatic carbocycles. The van der Waals surface area contributed by atoms with E-state index >= 15 is 0 Å². The van der Waals surface area contributed by atoms with Gasteiger partial charge in [0, 0.05) is 0 Å². The molecule has 0 unspecified atom stereocenters. The van der Waals surface area contributed by atoms with E-state index in [1.165, 1.54) is 49.6 Å². The molecule has 0 radical (unpaired) electrons. The summed E-state index contributed by atoms with van der Waals surface area (Å²) in [5.74, 6) is -1.95. The van der Waals surface area contributed by atoms with E-state index in [1.807, 2.05) is 0 Å². The molecule has 1 saturated heterocycles. The topological polar surface area (TPSA) is 93.1 Å². The quantitative estimate of drug-likeness (QED) is 0.738. The van der Waals surface area contributed by atoms with E-state index in [4.69, 9.17) is 14.6 Å². The first-order valence-corrected chi connectivity index (χ1v) is 8.77. The van der Waals surface area contributed by atoms with Crippen molar-refractivity contribution in [2.45, 2.75) is 0 Å². The number of ether oxygens (including phenoxy) is 2. The van der Waals surface area contributed by atoms with Gasteiger partial charge in [-0.3, -0.25) is 9.59 Å². The molecule has 0 bridgehead atoms. The van der Waals surface area contributed by atoms with Crippen LogP contribution in [-0.4, -0.2) is 35.9 Å². The van der Waals surface area contributed by atoms with Crippen molar-refractivity contribution in [2.75, 3.05) is 18.6 Å². The number of thioether (sulfide) groups is 1. The second kappa shape index (κ2) is 8.13. The molecule has 0 saturated carbocycles. The number of rotatable bonds is 6. The number of anilines is 1. The summed E-state index contributed by atoms with van der Waals surface area (Å²) < 4.78 is 24.3. The van der Waals surface area contributed by atoms with Gasteiger partial charge in [-0.25, -0.2) is 14.1 Å². The lowest BCUT2D eigenvalue weighted by Gasteiger charge is -2.13. The van der Waals surface area contributed by atoms with Crippen molar-refractivity contribution in [3.05, 3.63) is 58.8 Å². The standard InChI is InChI=1S/C19H14FNO6S/c1-26-15-8-11(6-7-14(15)27-10-17(22)23)9-16-18(24)21(19(25)28-16)13-5-3-2-4-12(13)20/h2-9H,10H2,1H3,(H,22,23)/b16-9+. The zero-order valence-corrected chi connectivity index (χ0v) is 15.4. The van der Waals surface area contributed by atoms with E-state index in [9.17, 15) is 18.8 Å². The Bertz CT molecular complexity index is 990. The first-order valence-electron chi connectivity index (χ1n) is 7.96. The fourth-order valence-corrected chi connectivity index (χ4v) is 3.33. The molecule has 1 N–H and O–H groups in total. The van der Waals surface area contributed by atoms with Crippen LogP contribution in [0.3, 0.4) is 0 Å². The van der Waals surface area contributed by atoms with Crippen LogP contribution in [0, 0.1) is 5.82 Å². The van der Waals surface area contributed by atoms with Crippen LogP contribution in [0.5, 0.6) is 11.5 Å². The average molecular weight is 403 g/mol. The summed E-state index contributed by atoms with van der Waals surface area (Å²) in [6.07, 6.45) is 1.47. The van der Waals surface area contributed by atoms with Crippen molar-refractivity contribution in [3.63, 3.8) is 0 Å². The van der Waals surface area contributed by atoms with Crippen molar-refractivity contribution >= 4 is 40.6 Å². The number of hydrogen-bond acceptors (Lipinski definition) is 6. The minimum absolute atomic E-state index is 0.108. The van der Waals surface area contributed by atoms with Gasteiger partial charge in [0.2, 0.25) is 0 Å². The molecule has 1 fully saturated rings. The summed E-state index contributed by atoms with van der Waals surface area (Å²) in [7, 11) is 1.39. The highest BCUT2D eigenvalue weighted by atomic mass is 32.2. The van der Waals surface area contributed by atoms with Gasteiger partial charge in [0.05, 0.1) is 17.7 Å². The number of hydrogen-bond donors (Lipinski definition) is 1. The molecule has 3 rings (SSSR count). The zero-order chi connectivity index (χ0) is 20.3. The number of halogens is 1. The van der Waals surface area contributed by atoms with Crippen LogP contribution in [0.2, 0.25) is 0 Å². The Morgan fingerprint density at radius 3 is 2.64 bits per heavy atom. The highest BCUT2D eigenvalue weighted by Gasteiger charge is 2.37. The number of nitrogens with zero attached hydrogens (tertiary/aromatic N) is 1. The molecule has 0 aromatic heterocycles. The normalized spacial score (nSPS) is 15.2. The average Bonchev–Trinajstić information content (AvgIpc) is 2.94. The smallest absolute Gasteiger partial charge is 0.341 e. The summed E-state index contributed by atoms with van der Waals surface area (Å²) in [5.41, 5.74) is 0.418. The van der Waals surface area contributed by atoms with E-state index in [2.05, 4.69) is 0 Å². The summed E-state index contributed by atoms with van der Waals surface area (Å²) in [6, 6.07) is 10.1. The van der Waals surface area contributed by atoms with Crippen LogP contribution in [-0.2, 0) is 9.59 Å². The number of methoxy groups -OCH3 is 1. The molecule has 144 valence electrons. The van der Waals surface area contributed by atoms with E-state index in [-0.39, 0.29) is 22.1 Å². The number of para-hydroxylation sites is 1. The fourth-order valence-electron chi connectivity index (χ4n) is 2.49. The largest absolute Gasteiger partial charge is 0.493 e. The van der Waals surface area contributed by atoms with E-state index in [0.717, 1.165) is 4.90 Å². The number of carbonyl (C=O) groups is 3. The van der Waals surface area contributed by atoms with E-state index in [1.54, 1.807) is 6.07 Å². The zero-order valence-electron chi connectivity index (χ0n) is 14.5. The summed E-state index contributed by atoms with van der Waals surface area (Å²) in [6.45, 7) is -0.531. The minimum atomic E-state index is -1.13. The van der Waals surface area contributed by atoms with Gasteiger partial charge >= 0.3 is 5.97 Å². The second-order valence-electron chi connectivity index (χ2n) is 5.56. The van der Waals surface area contributed by atoms with Gasteiger partial charge in [-0.15, -0.1) is 0 Å². The van der Waals surface area contributed by atoms with Gasteiger partial charge in [0.25, 0.3) is 11.1 Å². The summed E-state index contributed by atoms with van der Waals surface area (Å²) >= 11 is 0.694. The number of carboxylic acid groups (broad SMARTS) is 1. The Morgan fingerprint density at radius 1 is 1.21 bits per heavy atom. The Balaban J connectivity index is 1.88. The molecule has 1 heterocycles. The number of carbonyl (C=O) groups excluding carboxylic acids is 2. The second-order valence-corrected chi connectivity index (χ2v) is 6.55. The first-order chi connectivity index (χ1) is 13.4. The minimum Gasteiger partial charge on any atom is -0.493 e. The van der Waals surface area contributed by atoms with Crippen LogP contribution in [0.4, 0.5) is 14.9 Å². The summed E-state index contributed by atoms with van der Waals surface area (Å²) in [5, 5.41) is 8.09. The molecule has 2 amide bonds. The number of amides is 2. The van der Waals surface area contributed by atoms with Gasteiger partial charge < -0.3 is 14.6 Å². The third-order valence-corrected chi connectivity index (χ3v) is 4.59. The lowest BCUT2D eigenvalue weighted by molar-refractivity contribution is -0.139. The third kappa shape index (κ3) is 3.99. The van der Waals surface area contributed by atoms with Crippen LogP contribution < -0.4 is 14.4 Å². The van der Waals surface area contributed by atoms with Crippen molar-refractivity contribution in [3.8, 4) is 11.5 Å². The maximum atomic E-state index is 14.0. The third-order valence-electron chi connectivity index (χ3n) is 3.72. The predicted octanol–water partition coefficient (Wildman–Crippen LogP) is 3.54. The highest BCUT2D eigenvalue weighted by molar-refractivity contribution is 8.19. The molecule has 0 aliphatic carbocycles. The molecule has 9 heteroatoms. The SMILES string of the molecule is COc1cc(/C=C2/SC(=O)N(c3ccccc3F)C2=O)ccc1OCC(=O)O. The lowest BCUT2D eigenvalue weighted by Crippen LogP contribution is -2.28. The molecular weight excluding hydrogens is 389 g/mol. The van der Waals surface area contributed by atoms with Crippen LogP contribution >= 0.6 is 11.8 Å². The molecule has 0 atom stereocenters. The van der Waals surface area contributed by atoms with E-state index in [0.29, 0.717) is 17.3 Å². The molecular formula is C19H14FNO6S. The van der Waals surface area contributed by atoms with Crippen LogP contribution in [0.15, 0.2) is 47.4 Å². The van der Waals surface area contributed by atoms with Gasteiger partial charge in [-0.2, -0.15) is 0 Å². The molecule has 1 aliphatic heterocycles. The van der Waals surface area contributed by atoms with Gasteiger partial charge in [-0.05, 0) is 47.7 Å². The molecule has 2 aromatic rings. The Labute approximate surface area is 163 Å². The Kier molecular flexibility index (Phi) is 5.65. The van der Waals surface area contributed by atoms with E-state index < -0.39 is 29.5 Å². The number of carboxylic acids is 1. The first kappa shape index (κ1) is 19.4. The molecule has 1 aliphatic rings.